The van der Waals surface area contributed by atoms with Gasteiger partial charge in [0, 0.05) is 13.0 Å². The van der Waals surface area contributed by atoms with Gasteiger partial charge in [0.1, 0.15) is 6.33 Å². The molecule has 9 heteroatoms. The first kappa shape index (κ1) is 15.6. The van der Waals surface area contributed by atoms with Crippen molar-refractivity contribution < 1.29 is 9.32 Å². The van der Waals surface area contributed by atoms with Crippen molar-refractivity contribution in [3.63, 3.8) is 0 Å². The number of rotatable bonds is 5. The fourth-order valence-corrected chi connectivity index (χ4v) is 2.85. The van der Waals surface area contributed by atoms with Gasteiger partial charge in [0.2, 0.25) is 11.7 Å². The van der Waals surface area contributed by atoms with E-state index in [9.17, 15) is 4.79 Å². The smallest absolute Gasteiger partial charge is 0.288 e. The van der Waals surface area contributed by atoms with Gasteiger partial charge in [-0.3, -0.25) is 9.69 Å². The first-order valence-corrected chi connectivity index (χ1v) is 7.86. The zero-order chi connectivity index (χ0) is 16.4. The quantitative estimate of drug-likeness (QED) is 0.863. The Balaban J connectivity index is 1.70. The molecule has 0 aromatic carbocycles. The minimum absolute atomic E-state index is 0.0460. The predicted octanol–water partition coefficient (Wildman–Crippen LogP) is 0.721. The number of aromatic nitrogens is 5. The van der Waals surface area contributed by atoms with E-state index < -0.39 is 5.91 Å². The fourth-order valence-electron chi connectivity index (χ4n) is 2.85. The van der Waals surface area contributed by atoms with Gasteiger partial charge in [-0.1, -0.05) is 12.1 Å². The maximum absolute atomic E-state index is 11.1. The second kappa shape index (κ2) is 6.45. The lowest BCUT2D eigenvalue weighted by Crippen LogP contribution is -2.38. The molecule has 1 amide bonds. The van der Waals surface area contributed by atoms with E-state index in [0.29, 0.717) is 5.89 Å². The highest BCUT2D eigenvalue weighted by Crippen LogP contribution is 2.27. The van der Waals surface area contributed by atoms with Crippen LogP contribution in [0.4, 0.5) is 0 Å². The van der Waals surface area contributed by atoms with Crippen molar-refractivity contribution in [3.05, 3.63) is 23.9 Å². The Morgan fingerprint density at radius 3 is 3.04 bits per heavy atom. The third-order valence-corrected chi connectivity index (χ3v) is 4.24. The molecule has 1 fully saturated rings. The van der Waals surface area contributed by atoms with E-state index in [0.717, 1.165) is 38.2 Å². The topological polar surface area (TPSA) is 116 Å². The normalized spacial score (nSPS) is 20.5. The van der Waals surface area contributed by atoms with E-state index in [1.165, 1.54) is 0 Å². The van der Waals surface area contributed by atoms with Gasteiger partial charge in [-0.25, -0.2) is 9.67 Å². The van der Waals surface area contributed by atoms with E-state index >= 15 is 0 Å². The van der Waals surface area contributed by atoms with Gasteiger partial charge in [-0.05, 0) is 26.3 Å². The molecule has 2 aromatic heterocycles. The lowest BCUT2D eigenvalue weighted by molar-refractivity contribution is 0.0984. The molecule has 0 radical (unpaired) electrons. The molecule has 0 spiro atoms. The number of piperidine rings is 1. The maximum atomic E-state index is 11.1. The molecule has 1 saturated heterocycles. The van der Waals surface area contributed by atoms with E-state index in [4.69, 9.17) is 10.3 Å². The second-order valence-electron chi connectivity index (χ2n) is 5.78. The number of carbonyl (C=O) groups excluding carboxylic acids is 1. The van der Waals surface area contributed by atoms with Crippen LogP contribution in [-0.2, 0) is 6.42 Å². The average Bonchev–Trinajstić information content (AvgIpc) is 3.23. The van der Waals surface area contributed by atoms with Gasteiger partial charge in [-0.2, -0.15) is 4.98 Å². The van der Waals surface area contributed by atoms with Crippen molar-refractivity contribution in [2.45, 2.75) is 45.2 Å². The average molecular weight is 319 g/mol. The molecule has 0 aliphatic carbocycles. The number of nitrogens with two attached hydrogens (primary N) is 1. The van der Waals surface area contributed by atoms with Gasteiger partial charge in [0.25, 0.3) is 5.91 Å². The summed E-state index contributed by atoms with van der Waals surface area (Å²) in [7, 11) is 0. The maximum Gasteiger partial charge on any atom is 0.288 e. The number of aryl methyl sites for hydroxylation is 1. The summed E-state index contributed by atoms with van der Waals surface area (Å²) in [5, 5.41) is 8.13. The largest absolute Gasteiger partial charge is 0.363 e. The molecule has 2 atom stereocenters. The van der Waals surface area contributed by atoms with Crippen molar-refractivity contribution in [2.24, 2.45) is 5.73 Å². The second-order valence-corrected chi connectivity index (χ2v) is 5.78. The third kappa shape index (κ3) is 3.24. The molecule has 124 valence electrons. The highest BCUT2D eigenvalue weighted by atomic mass is 16.5. The summed E-state index contributed by atoms with van der Waals surface area (Å²) in [5.74, 6) is 0.809. The zero-order valence-corrected chi connectivity index (χ0v) is 13.3. The van der Waals surface area contributed by atoms with E-state index in [2.05, 4.69) is 32.0 Å². The van der Waals surface area contributed by atoms with E-state index in [1.807, 2.05) is 6.92 Å². The summed E-state index contributed by atoms with van der Waals surface area (Å²) in [4.78, 5) is 21.8. The number of amides is 1. The zero-order valence-electron chi connectivity index (χ0n) is 13.3. The number of likely N-dealkylation sites (tertiary alicyclic amines) is 1. The molecule has 9 nitrogen and oxygen atoms in total. The minimum atomic E-state index is -0.609. The SMILES string of the molecule is CCc1noc(C(C)N2CCCC(n3cnc(C(N)=O)n3)C2)n1. The number of primary amides is 1. The highest BCUT2D eigenvalue weighted by molar-refractivity contribution is 5.88. The molecule has 2 aromatic rings. The first-order chi connectivity index (χ1) is 11.1. The monoisotopic (exact) mass is 319 g/mol. The molecule has 0 bridgehead atoms. The standard InChI is InChI=1S/C14H21N7O2/c1-3-11-17-14(23-19-11)9(2)20-6-4-5-10(7-20)21-8-16-13(18-21)12(15)22/h8-10H,3-7H2,1-2H3,(H2,15,22). The van der Waals surface area contributed by atoms with Gasteiger partial charge < -0.3 is 10.3 Å². The lowest BCUT2D eigenvalue weighted by atomic mass is 10.0. The molecule has 2 N–H and O–H groups in total. The predicted molar refractivity (Wildman–Crippen MR) is 80.5 cm³/mol. The van der Waals surface area contributed by atoms with Crippen molar-refractivity contribution in [1.82, 2.24) is 29.8 Å². The Hall–Kier alpha value is -2.29. The Labute approximate surface area is 133 Å². The Kier molecular flexibility index (Phi) is 4.37. The fraction of sp³-hybridized carbons (Fsp3) is 0.643. The van der Waals surface area contributed by atoms with Gasteiger partial charge in [-0.15, -0.1) is 5.10 Å². The first-order valence-electron chi connectivity index (χ1n) is 7.86. The molecule has 3 heterocycles. The molecule has 1 aliphatic heterocycles. The summed E-state index contributed by atoms with van der Waals surface area (Å²) in [6.07, 6.45) is 4.33. The van der Waals surface area contributed by atoms with E-state index in [1.54, 1.807) is 11.0 Å². The van der Waals surface area contributed by atoms with Gasteiger partial charge in [0.15, 0.2) is 5.82 Å². The van der Waals surface area contributed by atoms with Crippen molar-refractivity contribution in [3.8, 4) is 0 Å². The van der Waals surface area contributed by atoms with Crippen LogP contribution in [0.2, 0.25) is 0 Å². The summed E-state index contributed by atoms with van der Waals surface area (Å²) < 4.78 is 7.07. The molecule has 1 aliphatic rings. The van der Waals surface area contributed by atoms with E-state index in [-0.39, 0.29) is 17.9 Å². The van der Waals surface area contributed by atoms with Crippen LogP contribution in [0, 0.1) is 0 Å². The summed E-state index contributed by atoms with van der Waals surface area (Å²) >= 11 is 0. The third-order valence-electron chi connectivity index (χ3n) is 4.24. The van der Waals surface area contributed by atoms with Crippen LogP contribution in [0.3, 0.4) is 0 Å². The molecular weight excluding hydrogens is 298 g/mol. The molecule has 0 saturated carbocycles. The Morgan fingerprint density at radius 2 is 2.39 bits per heavy atom. The lowest BCUT2D eigenvalue weighted by Gasteiger charge is -2.35. The number of carbonyl (C=O) groups is 1. The van der Waals surface area contributed by atoms with Crippen LogP contribution in [0.15, 0.2) is 10.9 Å². The van der Waals surface area contributed by atoms with Crippen LogP contribution < -0.4 is 5.73 Å². The molecular formula is C14H21N7O2. The van der Waals surface area contributed by atoms with Gasteiger partial charge in [0.05, 0.1) is 12.1 Å². The van der Waals surface area contributed by atoms with Crippen LogP contribution in [0.1, 0.15) is 61.1 Å². The number of hydrogen-bond donors (Lipinski definition) is 1. The van der Waals surface area contributed by atoms with Crippen molar-refractivity contribution in [1.29, 1.82) is 0 Å². The summed E-state index contributed by atoms with van der Waals surface area (Å²) in [6.45, 7) is 5.80. The Bertz CT molecular complexity index is 680. The number of nitrogens with zero attached hydrogens (tertiary/aromatic N) is 6. The highest BCUT2D eigenvalue weighted by Gasteiger charge is 2.29. The van der Waals surface area contributed by atoms with Crippen LogP contribution in [-0.4, -0.2) is 48.8 Å². The summed E-state index contributed by atoms with van der Waals surface area (Å²) in [5.41, 5.74) is 5.21. The van der Waals surface area contributed by atoms with Gasteiger partial charge >= 0.3 is 0 Å². The molecule has 3 rings (SSSR count). The molecule has 23 heavy (non-hydrogen) atoms. The van der Waals surface area contributed by atoms with Crippen LogP contribution in [0.5, 0.6) is 0 Å². The molecule has 2 unspecified atom stereocenters. The van der Waals surface area contributed by atoms with Crippen LogP contribution >= 0.6 is 0 Å². The minimum Gasteiger partial charge on any atom is -0.363 e. The van der Waals surface area contributed by atoms with Crippen LogP contribution in [0.25, 0.3) is 0 Å². The number of hydrogen-bond acceptors (Lipinski definition) is 7. The summed E-state index contributed by atoms with van der Waals surface area (Å²) in [6, 6.07) is 0.199. The Morgan fingerprint density at radius 1 is 1.57 bits per heavy atom. The van der Waals surface area contributed by atoms with Crippen molar-refractivity contribution >= 4 is 5.91 Å². The van der Waals surface area contributed by atoms with Crippen molar-refractivity contribution in [2.75, 3.05) is 13.1 Å².